The lowest BCUT2D eigenvalue weighted by Crippen LogP contribution is -2.49. The fourth-order valence-electron chi connectivity index (χ4n) is 3.88. The summed E-state index contributed by atoms with van der Waals surface area (Å²) in [5.41, 5.74) is 1.82. The van der Waals surface area contributed by atoms with Crippen molar-refractivity contribution >= 4 is 28.3 Å². The van der Waals surface area contributed by atoms with Crippen LogP contribution in [0.2, 0.25) is 0 Å². The second kappa shape index (κ2) is 9.37. The number of sulfonamides is 1. The molecule has 0 aromatic heterocycles. The Morgan fingerprint density at radius 1 is 1.19 bits per heavy atom. The van der Waals surface area contributed by atoms with E-state index in [4.69, 9.17) is 0 Å². The second-order valence-corrected chi connectivity index (χ2v) is 9.41. The van der Waals surface area contributed by atoms with Crippen molar-refractivity contribution in [2.45, 2.75) is 50.5 Å². The molecule has 152 valence electrons. The maximum Gasteiger partial charge on any atom is 0.243 e. The van der Waals surface area contributed by atoms with Crippen LogP contribution in [0.3, 0.4) is 0 Å². The van der Waals surface area contributed by atoms with Gasteiger partial charge in [0, 0.05) is 31.6 Å². The Kier molecular flexibility index (Phi) is 7.68. The minimum Gasteiger partial charge on any atom is -0.352 e. The molecule has 2 fully saturated rings. The summed E-state index contributed by atoms with van der Waals surface area (Å²) in [5.74, 6) is -0.0234. The van der Waals surface area contributed by atoms with Crippen LogP contribution in [-0.4, -0.2) is 50.9 Å². The standard InChI is InChI=1S/C19H29N3O3S.ClH/c1-14-5-6-18(15(2)12-14)26(24,25)22-10-7-16(8-11-22)19(23)21-17-4-3-9-20-13-17;/h5-6,12,16-17,20H,3-4,7-11,13H2,1-2H3,(H,21,23);1H/t17-;/m0./s1. The van der Waals surface area contributed by atoms with Crippen LogP contribution in [0.1, 0.15) is 36.8 Å². The predicted molar refractivity (Wildman–Crippen MR) is 109 cm³/mol. The van der Waals surface area contributed by atoms with Crippen molar-refractivity contribution in [2.75, 3.05) is 26.2 Å². The number of carbonyl (C=O) groups is 1. The lowest BCUT2D eigenvalue weighted by molar-refractivity contribution is -0.126. The molecule has 27 heavy (non-hydrogen) atoms. The highest BCUT2D eigenvalue weighted by molar-refractivity contribution is 7.89. The summed E-state index contributed by atoms with van der Waals surface area (Å²) >= 11 is 0. The van der Waals surface area contributed by atoms with E-state index in [9.17, 15) is 13.2 Å². The third-order valence-electron chi connectivity index (χ3n) is 5.42. The Balaban J connectivity index is 0.00000261. The highest BCUT2D eigenvalue weighted by atomic mass is 35.5. The zero-order valence-corrected chi connectivity index (χ0v) is 17.7. The van der Waals surface area contributed by atoms with Gasteiger partial charge in [-0.1, -0.05) is 17.7 Å². The number of nitrogens with one attached hydrogen (secondary N) is 2. The number of hydrogen-bond donors (Lipinski definition) is 2. The van der Waals surface area contributed by atoms with Gasteiger partial charge in [0.25, 0.3) is 0 Å². The molecule has 1 aromatic carbocycles. The molecular formula is C19H30ClN3O3S. The molecule has 8 heteroatoms. The van der Waals surface area contributed by atoms with Gasteiger partial charge in [0.2, 0.25) is 15.9 Å². The zero-order chi connectivity index (χ0) is 18.7. The van der Waals surface area contributed by atoms with Gasteiger partial charge in [0.1, 0.15) is 0 Å². The highest BCUT2D eigenvalue weighted by Gasteiger charge is 2.33. The summed E-state index contributed by atoms with van der Waals surface area (Å²) in [7, 11) is -3.49. The summed E-state index contributed by atoms with van der Waals surface area (Å²) in [6.07, 6.45) is 3.25. The number of hydrogen-bond acceptors (Lipinski definition) is 4. The third-order valence-corrected chi connectivity index (χ3v) is 7.48. The number of piperidine rings is 2. The first-order valence-electron chi connectivity index (χ1n) is 9.46. The van der Waals surface area contributed by atoms with Crippen molar-refractivity contribution in [1.29, 1.82) is 0 Å². The van der Waals surface area contributed by atoms with Crippen LogP contribution < -0.4 is 10.6 Å². The number of nitrogens with zero attached hydrogens (tertiary/aromatic N) is 1. The third kappa shape index (κ3) is 5.22. The molecule has 0 radical (unpaired) electrons. The SMILES string of the molecule is Cc1ccc(S(=O)(=O)N2CCC(C(=O)N[C@H]3CCCNC3)CC2)c(C)c1.Cl. The van der Waals surface area contributed by atoms with Crippen LogP contribution in [0.4, 0.5) is 0 Å². The fourth-order valence-corrected chi connectivity index (χ4v) is 5.56. The monoisotopic (exact) mass is 415 g/mol. The van der Waals surface area contributed by atoms with E-state index >= 15 is 0 Å². The summed E-state index contributed by atoms with van der Waals surface area (Å²) in [4.78, 5) is 12.9. The van der Waals surface area contributed by atoms with Crippen LogP contribution in [0, 0.1) is 19.8 Å². The molecule has 0 spiro atoms. The van der Waals surface area contributed by atoms with E-state index in [-0.39, 0.29) is 30.3 Å². The van der Waals surface area contributed by atoms with Crippen molar-refractivity contribution in [3.8, 4) is 0 Å². The number of halogens is 1. The summed E-state index contributed by atoms with van der Waals surface area (Å²) in [5, 5.41) is 6.41. The van der Waals surface area contributed by atoms with Gasteiger partial charge in [-0.2, -0.15) is 4.31 Å². The van der Waals surface area contributed by atoms with Crippen LogP contribution in [0.25, 0.3) is 0 Å². The Labute approximate surface area is 168 Å². The number of benzene rings is 1. The molecule has 0 unspecified atom stereocenters. The number of aryl methyl sites for hydroxylation is 2. The first-order valence-corrected chi connectivity index (χ1v) is 10.9. The highest BCUT2D eigenvalue weighted by Crippen LogP contribution is 2.26. The van der Waals surface area contributed by atoms with E-state index in [0.29, 0.717) is 30.8 Å². The average Bonchev–Trinajstić information content (AvgIpc) is 2.62. The van der Waals surface area contributed by atoms with Gasteiger partial charge in [0.15, 0.2) is 0 Å². The molecule has 2 saturated heterocycles. The predicted octanol–water partition coefficient (Wildman–Crippen LogP) is 1.99. The van der Waals surface area contributed by atoms with Gasteiger partial charge < -0.3 is 10.6 Å². The molecule has 0 bridgehead atoms. The van der Waals surface area contributed by atoms with Crippen molar-refractivity contribution in [2.24, 2.45) is 5.92 Å². The molecule has 2 aliphatic heterocycles. The maximum absolute atomic E-state index is 12.9. The number of carbonyl (C=O) groups excluding carboxylic acids is 1. The molecule has 1 amide bonds. The zero-order valence-electron chi connectivity index (χ0n) is 16.0. The minimum absolute atomic E-state index is 0. The number of rotatable bonds is 4. The van der Waals surface area contributed by atoms with E-state index in [1.807, 2.05) is 26.0 Å². The Hall–Kier alpha value is -1.15. The van der Waals surface area contributed by atoms with Crippen molar-refractivity contribution in [1.82, 2.24) is 14.9 Å². The molecule has 1 aromatic rings. The van der Waals surface area contributed by atoms with E-state index in [2.05, 4.69) is 10.6 Å². The Bertz CT molecular complexity index is 755. The summed E-state index contributed by atoms with van der Waals surface area (Å²) < 4.78 is 27.4. The lowest BCUT2D eigenvalue weighted by atomic mass is 9.96. The molecule has 2 heterocycles. The normalized spacial score (nSPS) is 22.1. The molecule has 1 atom stereocenters. The molecule has 6 nitrogen and oxygen atoms in total. The molecule has 0 aliphatic carbocycles. The Morgan fingerprint density at radius 2 is 1.89 bits per heavy atom. The van der Waals surface area contributed by atoms with Crippen LogP contribution >= 0.6 is 12.4 Å². The molecular weight excluding hydrogens is 386 g/mol. The topological polar surface area (TPSA) is 78.5 Å². The van der Waals surface area contributed by atoms with Crippen LogP contribution in [0.15, 0.2) is 23.1 Å². The maximum atomic E-state index is 12.9. The van der Waals surface area contributed by atoms with E-state index in [1.54, 1.807) is 6.07 Å². The molecule has 2 N–H and O–H groups in total. The molecule has 3 rings (SSSR count). The molecule has 2 aliphatic rings. The van der Waals surface area contributed by atoms with Crippen molar-refractivity contribution in [3.63, 3.8) is 0 Å². The van der Waals surface area contributed by atoms with Gasteiger partial charge in [-0.3, -0.25) is 4.79 Å². The van der Waals surface area contributed by atoms with E-state index in [1.165, 1.54) is 4.31 Å². The van der Waals surface area contributed by atoms with Gasteiger partial charge in [-0.05, 0) is 57.7 Å². The quantitative estimate of drug-likeness (QED) is 0.788. The second-order valence-electron chi connectivity index (χ2n) is 7.50. The van der Waals surface area contributed by atoms with Crippen LogP contribution in [-0.2, 0) is 14.8 Å². The van der Waals surface area contributed by atoms with E-state index < -0.39 is 10.0 Å². The first kappa shape index (κ1) is 22.1. The van der Waals surface area contributed by atoms with Gasteiger partial charge in [0.05, 0.1) is 4.90 Å². The average molecular weight is 416 g/mol. The Morgan fingerprint density at radius 3 is 2.48 bits per heavy atom. The van der Waals surface area contributed by atoms with Gasteiger partial charge in [-0.15, -0.1) is 12.4 Å². The first-order chi connectivity index (χ1) is 12.4. The minimum atomic E-state index is -3.49. The van der Waals surface area contributed by atoms with Gasteiger partial charge in [-0.25, -0.2) is 8.42 Å². The van der Waals surface area contributed by atoms with Crippen LogP contribution in [0.5, 0.6) is 0 Å². The summed E-state index contributed by atoms with van der Waals surface area (Å²) in [6, 6.07) is 5.62. The van der Waals surface area contributed by atoms with Gasteiger partial charge >= 0.3 is 0 Å². The fraction of sp³-hybridized carbons (Fsp3) is 0.632. The largest absolute Gasteiger partial charge is 0.352 e. The summed E-state index contributed by atoms with van der Waals surface area (Å²) in [6.45, 7) is 6.42. The van der Waals surface area contributed by atoms with Crippen molar-refractivity contribution < 1.29 is 13.2 Å². The van der Waals surface area contributed by atoms with E-state index in [0.717, 1.165) is 37.1 Å². The number of amides is 1. The molecule has 0 saturated carbocycles. The van der Waals surface area contributed by atoms with Crippen molar-refractivity contribution in [3.05, 3.63) is 29.3 Å². The lowest BCUT2D eigenvalue weighted by Gasteiger charge is -2.32. The smallest absolute Gasteiger partial charge is 0.243 e.